The minimum absolute atomic E-state index is 0. The topological polar surface area (TPSA) is 88.6 Å². The van der Waals surface area contributed by atoms with Gasteiger partial charge < -0.3 is 4.74 Å². The molecule has 10 heteroatoms. The number of carbonyl (C=O) groups is 1. The van der Waals surface area contributed by atoms with E-state index in [0.717, 1.165) is 5.56 Å². The highest BCUT2D eigenvalue weighted by atomic mass is 32.2. The predicted molar refractivity (Wildman–Crippen MR) is 123 cm³/mol. The Bertz CT molecular complexity index is 1060. The van der Waals surface area contributed by atoms with E-state index in [-0.39, 0.29) is 12.2 Å². The van der Waals surface area contributed by atoms with Crippen LogP contribution < -0.4 is 5.32 Å². The molecule has 3 heterocycles. The van der Waals surface area contributed by atoms with Crippen LogP contribution >= 0.6 is 22.7 Å². The summed E-state index contributed by atoms with van der Waals surface area (Å²) in [5.74, 6) is -0.192. The molecule has 30 heavy (non-hydrogen) atoms. The number of sulfonamides is 1. The van der Waals surface area contributed by atoms with E-state index in [1.54, 1.807) is 30.3 Å². The molecule has 162 valence electrons. The van der Waals surface area contributed by atoms with Crippen molar-refractivity contribution in [2.75, 3.05) is 31.6 Å². The number of hydrogen-bond donors (Lipinski definition) is 1. The van der Waals surface area contributed by atoms with E-state index in [9.17, 15) is 13.2 Å². The van der Waals surface area contributed by atoms with E-state index in [1.165, 1.54) is 27.0 Å². The third-order valence-corrected chi connectivity index (χ3v) is 7.77. The highest BCUT2D eigenvalue weighted by Gasteiger charge is 2.26. The summed E-state index contributed by atoms with van der Waals surface area (Å²) in [6.45, 7) is 5.55. The van der Waals surface area contributed by atoms with Crippen LogP contribution in [0.25, 0.3) is 11.3 Å². The van der Waals surface area contributed by atoms with Crippen LogP contribution in [0.3, 0.4) is 0 Å². The Morgan fingerprint density at radius 2 is 1.83 bits per heavy atom. The van der Waals surface area contributed by atoms with Gasteiger partial charge in [-0.2, -0.15) is 4.31 Å². The number of carbonyl (C=O) groups excluding carboxylic acids is 1. The summed E-state index contributed by atoms with van der Waals surface area (Å²) >= 11 is 2.69. The standard InChI is InChI=1S/C18H17N3O4S3.C2H6.H2/c22-17(16-2-1-11-26-16)20-18-19-15(12-27-18)13-3-5-14(6-4-13)28(23,24)21-7-9-25-10-8-21;1-2;/h1-6,11-12H,7-10H2,(H,19,20,22);1-2H3;1H. The molecule has 4 rings (SSSR count). The molecular weight excluding hydrogens is 442 g/mol. The summed E-state index contributed by atoms with van der Waals surface area (Å²) in [6.07, 6.45) is 0. The van der Waals surface area contributed by atoms with Gasteiger partial charge in [0, 0.05) is 25.5 Å². The van der Waals surface area contributed by atoms with Crippen molar-refractivity contribution in [2.45, 2.75) is 18.7 Å². The molecule has 1 aliphatic heterocycles. The Hall–Kier alpha value is -2.11. The van der Waals surface area contributed by atoms with Crippen LogP contribution in [0, 0.1) is 0 Å². The Morgan fingerprint density at radius 1 is 1.13 bits per heavy atom. The van der Waals surface area contributed by atoms with Gasteiger partial charge in [-0.3, -0.25) is 10.1 Å². The predicted octanol–water partition coefficient (Wildman–Crippen LogP) is 4.42. The van der Waals surface area contributed by atoms with Crippen LogP contribution in [0.1, 0.15) is 24.9 Å². The number of nitrogens with one attached hydrogen (secondary N) is 1. The zero-order valence-corrected chi connectivity index (χ0v) is 19.1. The van der Waals surface area contributed by atoms with Crippen molar-refractivity contribution < 1.29 is 19.4 Å². The van der Waals surface area contributed by atoms with Gasteiger partial charge in [-0.05, 0) is 23.6 Å². The van der Waals surface area contributed by atoms with Gasteiger partial charge in [-0.25, -0.2) is 13.4 Å². The third-order valence-electron chi connectivity index (χ3n) is 4.23. The zero-order chi connectivity index (χ0) is 21.6. The molecule has 0 spiro atoms. The summed E-state index contributed by atoms with van der Waals surface area (Å²) in [5, 5.41) is 6.95. The number of benzene rings is 1. The Labute approximate surface area is 185 Å². The number of nitrogens with zero attached hydrogens (tertiary/aromatic N) is 2. The van der Waals surface area contributed by atoms with E-state index in [1.807, 2.05) is 30.7 Å². The smallest absolute Gasteiger partial charge is 0.267 e. The van der Waals surface area contributed by atoms with Crippen LogP contribution in [0.5, 0.6) is 0 Å². The molecule has 0 aliphatic carbocycles. The molecule has 1 saturated heterocycles. The van der Waals surface area contributed by atoms with E-state index in [2.05, 4.69) is 10.3 Å². The molecule has 0 saturated carbocycles. The van der Waals surface area contributed by atoms with Crippen molar-refractivity contribution in [3.05, 3.63) is 52.0 Å². The first-order valence-electron chi connectivity index (χ1n) is 9.53. The molecule has 0 radical (unpaired) electrons. The fourth-order valence-electron chi connectivity index (χ4n) is 2.76. The number of aromatic nitrogens is 1. The number of amides is 1. The highest BCUT2D eigenvalue weighted by Crippen LogP contribution is 2.27. The maximum Gasteiger partial charge on any atom is 0.267 e. The monoisotopic (exact) mass is 467 g/mol. The van der Waals surface area contributed by atoms with E-state index in [0.29, 0.717) is 42.0 Å². The second-order valence-corrected chi connectivity index (χ2v) is 9.75. The number of ether oxygens (including phenoxy) is 1. The average Bonchev–Trinajstić information content (AvgIpc) is 3.48. The first-order chi connectivity index (χ1) is 14.5. The van der Waals surface area contributed by atoms with E-state index < -0.39 is 10.0 Å². The quantitative estimate of drug-likeness (QED) is 0.600. The fourth-order valence-corrected chi connectivity index (χ4v) is 5.51. The van der Waals surface area contributed by atoms with Crippen LogP contribution in [0.2, 0.25) is 0 Å². The lowest BCUT2D eigenvalue weighted by molar-refractivity contribution is 0.0730. The van der Waals surface area contributed by atoms with Crippen molar-refractivity contribution in [1.82, 2.24) is 9.29 Å². The van der Waals surface area contributed by atoms with Crippen molar-refractivity contribution in [2.24, 2.45) is 0 Å². The van der Waals surface area contributed by atoms with Gasteiger partial charge in [0.25, 0.3) is 5.91 Å². The van der Waals surface area contributed by atoms with Gasteiger partial charge in [-0.1, -0.05) is 32.0 Å². The number of hydrogen-bond acceptors (Lipinski definition) is 7. The Balaban J connectivity index is 0.00000111. The zero-order valence-electron chi connectivity index (χ0n) is 16.7. The highest BCUT2D eigenvalue weighted by molar-refractivity contribution is 7.89. The summed E-state index contributed by atoms with van der Waals surface area (Å²) in [4.78, 5) is 17.4. The van der Waals surface area contributed by atoms with Gasteiger partial charge in [0.2, 0.25) is 10.0 Å². The summed E-state index contributed by atoms with van der Waals surface area (Å²) < 4.78 is 32.0. The van der Waals surface area contributed by atoms with Gasteiger partial charge >= 0.3 is 0 Å². The SMILES string of the molecule is CC.O=C(Nc1nc(-c2ccc(S(=O)(=O)N3CCOCC3)cc2)cs1)c1cccs1.[HH]. The lowest BCUT2D eigenvalue weighted by atomic mass is 10.2. The van der Waals surface area contributed by atoms with Crippen LogP contribution in [0.4, 0.5) is 5.13 Å². The van der Waals surface area contributed by atoms with Crippen molar-refractivity contribution in [3.8, 4) is 11.3 Å². The summed E-state index contributed by atoms with van der Waals surface area (Å²) in [5.41, 5.74) is 1.47. The molecule has 3 aromatic rings. The van der Waals surface area contributed by atoms with Gasteiger partial charge in [0.15, 0.2) is 5.13 Å². The molecule has 1 aliphatic rings. The van der Waals surface area contributed by atoms with Crippen LogP contribution in [-0.4, -0.2) is 49.9 Å². The molecule has 1 fully saturated rings. The molecule has 1 aromatic carbocycles. The lowest BCUT2D eigenvalue weighted by Crippen LogP contribution is -2.40. The maximum absolute atomic E-state index is 12.7. The number of thiophene rings is 1. The first kappa shape index (κ1) is 22.6. The second-order valence-electron chi connectivity index (χ2n) is 6.01. The Morgan fingerprint density at radius 3 is 2.47 bits per heavy atom. The Kier molecular flexibility index (Phi) is 7.73. The van der Waals surface area contributed by atoms with Gasteiger partial charge in [-0.15, -0.1) is 22.7 Å². The molecule has 2 aromatic heterocycles. The molecule has 1 N–H and O–H groups in total. The molecule has 0 bridgehead atoms. The molecule has 0 unspecified atom stereocenters. The minimum Gasteiger partial charge on any atom is -0.379 e. The van der Waals surface area contributed by atoms with Crippen molar-refractivity contribution in [1.29, 1.82) is 0 Å². The minimum atomic E-state index is -3.52. The fraction of sp³-hybridized carbons (Fsp3) is 0.300. The normalized spacial score (nSPS) is 14.6. The number of morpholine rings is 1. The van der Waals surface area contributed by atoms with Crippen molar-refractivity contribution >= 4 is 43.7 Å². The molecule has 1 amide bonds. The third kappa shape index (κ3) is 5.13. The summed E-state index contributed by atoms with van der Waals surface area (Å²) in [7, 11) is -3.52. The molecule has 0 atom stereocenters. The lowest BCUT2D eigenvalue weighted by Gasteiger charge is -2.26. The van der Waals surface area contributed by atoms with Crippen LogP contribution in [-0.2, 0) is 14.8 Å². The van der Waals surface area contributed by atoms with Crippen LogP contribution in [0.15, 0.2) is 52.1 Å². The van der Waals surface area contributed by atoms with Crippen molar-refractivity contribution in [3.63, 3.8) is 0 Å². The first-order valence-corrected chi connectivity index (χ1v) is 12.7. The van der Waals surface area contributed by atoms with Gasteiger partial charge in [0.1, 0.15) is 0 Å². The van der Waals surface area contributed by atoms with Gasteiger partial charge in [0.05, 0.1) is 28.7 Å². The molecular formula is C20H25N3O4S3. The summed E-state index contributed by atoms with van der Waals surface area (Å²) in [6, 6.07) is 10.2. The average molecular weight is 468 g/mol. The van der Waals surface area contributed by atoms with E-state index in [4.69, 9.17) is 4.74 Å². The number of rotatable bonds is 5. The second kappa shape index (κ2) is 10.3. The number of anilines is 1. The maximum atomic E-state index is 12.7. The number of thiazole rings is 1. The largest absolute Gasteiger partial charge is 0.379 e. The molecule has 7 nitrogen and oxygen atoms in total. The van der Waals surface area contributed by atoms with E-state index >= 15 is 0 Å².